The van der Waals surface area contributed by atoms with Crippen molar-refractivity contribution < 1.29 is 23.8 Å². The van der Waals surface area contributed by atoms with Crippen molar-refractivity contribution >= 4 is 11.9 Å². The van der Waals surface area contributed by atoms with Crippen LogP contribution in [0.25, 0.3) is 0 Å². The van der Waals surface area contributed by atoms with Gasteiger partial charge >= 0.3 is 5.97 Å². The van der Waals surface area contributed by atoms with Crippen molar-refractivity contribution in [2.24, 2.45) is 5.92 Å². The summed E-state index contributed by atoms with van der Waals surface area (Å²) in [5.41, 5.74) is 0.862. The van der Waals surface area contributed by atoms with Crippen LogP contribution < -0.4 is 4.74 Å². The second-order valence-corrected chi connectivity index (χ2v) is 6.00. The van der Waals surface area contributed by atoms with Gasteiger partial charge in [-0.05, 0) is 49.8 Å². The van der Waals surface area contributed by atoms with Gasteiger partial charge in [0.1, 0.15) is 0 Å². The molecule has 1 aromatic carbocycles. The Morgan fingerprint density at radius 2 is 2.22 bits per heavy atom. The van der Waals surface area contributed by atoms with E-state index < -0.39 is 11.8 Å². The minimum atomic E-state index is -0.813. The van der Waals surface area contributed by atoms with E-state index in [1.54, 1.807) is 17.0 Å². The van der Waals surface area contributed by atoms with Gasteiger partial charge in [0.15, 0.2) is 18.2 Å². The molecular weight excluding hydrogens is 301 g/mol. The fourth-order valence-electron chi connectivity index (χ4n) is 2.81. The smallest absolute Gasteiger partial charge is 0.303 e. The molecule has 1 saturated heterocycles. The molecule has 1 fully saturated rings. The zero-order valence-corrected chi connectivity index (χ0v) is 13.3. The molecule has 1 heterocycles. The average molecular weight is 323 g/mol. The predicted molar refractivity (Wildman–Crippen MR) is 82.8 cm³/mol. The van der Waals surface area contributed by atoms with E-state index in [2.05, 4.69) is 0 Å². The second-order valence-electron chi connectivity index (χ2n) is 6.00. The molecule has 1 aliphatic rings. The summed E-state index contributed by atoms with van der Waals surface area (Å²) < 4.78 is 18.9. The molecule has 0 saturated carbocycles. The molecule has 23 heavy (non-hydrogen) atoms. The summed E-state index contributed by atoms with van der Waals surface area (Å²) in [5.74, 6) is -1.20. The summed E-state index contributed by atoms with van der Waals surface area (Å²) in [4.78, 5) is 24.5. The standard InChI is InChI=1S/C17H22FNO4/c1-12-4-6-14(18)15(9-12)23-11-16(20)19-8-2-3-13(10-19)5-7-17(21)22/h4,6,9,13H,2-3,5,7-8,10-11H2,1H3,(H,21,22). The van der Waals surface area contributed by atoms with Crippen molar-refractivity contribution in [2.75, 3.05) is 19.7 Å². The van der Waals surface area contributed by atoms with E-state index in [4.69, 9.17) is 9.84 Å². The molecule has 1 unspecified atom stereocenters. The number of carbonyl (C=O) groups excluding carboxylic acids is 1. The van der Waals surface area contributed by atoms with Crippen molar-refractivity contribution in [1.29, 1.82) is 0 Å². The van der Waals surface area contributed by atoms with E-state index >= 15 is 0 Å². The Morgan fingerprint density at radius 1 is 1.43 bits per heavy atom. The van der Waals surface area contributed by atoms with Gasteiger partial charge in [-0.1, -0.05) is 6.07 Å². The van der Waals surface area contributed by atoms with E-state index in [-0.39, 0.29) is 30.6 Å². The lowest BCUT2D eigenvalue weighted by Gasteiger charge is -2.32. The van der Waals surface area contributed by atoms with Crippen molar-refractivity contribution in [2.45, 2.75) is 32.6 Å². The second kappa shape index (κ2) is 7.94. The van der Waals surface area contributed by atoms with Gasteiger partial charge in [-0.25, -0.2) is 4.39 Å². The van der Waals surface area contributed by atoms with Gasteiger partial charge in [-0.3, -0.25) is 9.59 Å². The number of benzene rings is 1. The van der Waals surface area contributed by atoms with Crippen LogP contribution in [-0.2, 0) is 9.59 Å². The molecule has 0 bridgehead atoms. The number of aliphatic carboxylic acids is 1. The number of halogens is 1. The predicted octanol–water partition coefficient (Wildman–Crippen LogP) is 2.62. The Labute approximate surface area is 135 Å². The Morgan fingerprint density at radius 3 is 2.96 bits per heavy atom. The fourth-order valence-corrected chi connectivity index (χ4v) is 2.81. The molecule has 0 spiro atoms. The summed E-state index contributed by atoms with van der Waals surface area (Å²) in [5, 5.41) is 8.74. The number of aryl methyl sites for hydroxylation is 1. The van der Waals surface area contributed by atoms with Gasteiger partial charge in [-0.15, -0.1) is 0 Å². The molecule has 0 aromatic heterocycles. The molecule has 0 radical (unpaired) electrons. The van der Waals surface area contributed by atoms with Crippen LogP contribution in [0.1, 0.15) is 31.2 Å². The summed E-state index contributed by atoms with van der Waals surface area (Å²) in [6.07, 6.45) is 2.49. The quantitative estimate of drug-likeness (QED) is 0.874. The Balaban J connectivity index is 1.85. The third-order valence-corrected chi connectivity index (χ3v) is 4.08. The normalized spacial score (nSPS) is 17.8. The molecular formula is C17H22FNO4. The minimum Gasteiger partial charge on any atom is -0.481 e. The third kappa shape index (κ3) is 5.23. The Kier molecular flexibility index (Phi) is 5.96. The highest BCUT2D eigenvalue weighted by molar-refractivity contribution is 5.78. The fraction of sp³-hybridized carbons (Fsp3) is 0.529. The lowest BCUT2D eigenvalue weighted by Crippen LogP contribution is -2.42. The van der Waals surface area contributed by atoms with Gasteiger partial charge in [0, 0.05) is 19.5 Å². The van der Waals surface area contributed by atoms with Crippen LogP contribution in [0.3, 0.4) is 0 Å². The Hall–Kier alpha value is -2.11. The number of amides is 1. The summed E-state index contributed by atoms with van der Waals surface area (Å²) in [7, 11) is 0. The van der Waals surface area contributed by atoms with Crippen LogP contribution >= 0.6 is 0 Å². The molecule has 0 aliphatic carbocycles. The first-order chi connectivity index (χ1) is 11.0. The highest BCUT2D eigenvalue weighted by atomic mass is 19.1. The van der Waals surface area contributed by atoms with Gasteiger partial charge < -0.3 is 14.7 Å². The average Bonchev–Trinajstić information content (AvgIpc) is 2.53. The number of carbonyl (C=O) groups is 2. The molecule has 2 rings (SSSR count). The summed E-state index contributed by atoms with van der Waals surface area (Å²) >= 11 is 0. The number of nitrogens with zero attached hydrogens (tertiary/aromatic N) is 1. The van der Waals surface area contributed by atoms with Crippen molar-refractivity contribution in [3.8, 4) is 5.75 Å². The summed E-state index contributed by atoms with van der Waals surface area (Å²) in [6.45, 7) is 2.81. The molecule has 1 atom stereocenters. The van der Waals surface area contributed by atoms with Gasteiger partial charge in [0.05, 0.1) is 0 Å². The van der Waals surface area contributed by atoms with Crippen LogP contribution in [0.2, 0.25) is 0 Å². The first-order valence-corrected chi connectivity index (χ1v) is 7.84. The lowest BCUT2D eigenvalue weighted by atomic mass is 9.93. The number of hydrogen-bond donors (Lipinski definition) is 1. The molecule has 1 aliphatic heterocycles. The molecule has 1 aromatic rings. The van der Waals surface area contributed by atoms with E-state index in [0.29, 0.717) is 19.5 Å². The van der Waals surface area contributed by atoms with Crippen molar-refractivity contribution in [1.82, 2.24) is 4.90 Å². The first kappa shape index (κ1) is 17.2. The SMILES string of the molecule is Cc1ccc(F)c(OCC(=O)N2CCCC(CCC(=O)O)C2)c1. The Bertz CT molecular complexity index is 576. The number of carboxylic acids is 1. The molecule has 1 amide bonds. The number of rotatable bonds is 6. The van der Waals surface area contributed by atoms with Crippen molar-refractivity contribution in [3.05, 3.63) is 29.6 Å². The van der Waals surface area contributed by atoms with Crippen LogP contribution in [0.5, 0.6) is 5.75 Å². The monoisotopic (exact) mass is 323 g/mol. The zero-order chi connectivity index (χ0) is 16.8. The van der Waals surface area contributed by atoms with Crippen LogP contribution in [0.4, 0.5) is 4.39 Å². The molecule has 5 nitrogen and oxygen atoms in total. The number of piperidine rings is 1. The number of carboxylic acid groups (broad SMARTS) is 1. The molecule has 126 valence electrons. The highest BCUT2D eigenvalue weighted by Gasteiger charge is 2.24. The van der Waals surface area contributed by atoms with E-state index in [1.165, 1.54) is 6.07 Å². The van der Waals surface area contributed by atoms with Crippen LogP contribution in [0, 0.1) is 18.7 Å². The van der Waals surface area contributed by atoms with E-state index in [1.807, 2.05) is 6.92 Å². The lowest BCUT2D eigenvalue weighted by molar-refractivity contribution is -0.137. The maximum atomic E-state index is 13.6. The minimum absolute atomic E-state index is 0.0813. The van der Waals surface area contributed by atoms with Crippen LogP contribution in [-0.4, -0.2) is 41.6 Å². The number of ether oxygens (including phenoxy) is 1. The van der Waals surface area contributed by atoms with Gasteiger partial charge in [0.25, 0.3) is 5.91 Å². The number of hydrogen-bond acceptors (Lipinski definition) is 3. The van der Waals surface area contributed by atoms with Crippen LogP contribution in [0.15, 0.2) is 18.2 Å². The highest BCUT2D eigenvalue weighted by Crippen LogP contribution is 2.22. The third-order valence-electron chi connectivity index (χ3n) is 4.08. The topological polar surface area (TPSA) is 66.8 Å². The summed E-state index contributed by atoms with van der Waals surface area (Å²) in [6, 6.07) is 4.52. The van der Waals surface area contributed by atoms with E-state index in [0.717, 1.165) is 18.4 Å². The van der Waals surface area contributed by atoms with Gasteiger partial charge in [-0.2, -0.15) is 0 Å². The van der Waals surface area contributed by atoms with Gasteiger partial charge in [0.2, 0.25) is 0 Å². The van der Waals surface area contributed by atoms with Crippen molar-refractivity contribution in [3.63, 3.8) is 0 Å². The molecule has 1 N–H and O–H groups in total. The number of likely N-dealkylation sites (tertiary alicyclic amines) is 1. The first-order valence-electron chi connectivity index (χ1n) is 7.84. The maximum absolute atomic E-state index is 13.6. The maximum Gasteiger partial charge on any atom is 0.303 e. The molecule has 6 heteroatoms. The zero-order valence-electron chi connectivity index (χ0n) is 13.3. The largest absolute Gasteiger partial charge is 0.481 e. The van der Waals surface area contributed by atoms with E-state index in [9.17, 15) is 14.0 Å².